The Morgan fingerprint density at radius 1 is 1.14 bits per heavy atom. The SMILES string of the molecule is CC(C)(Sc1nc2cnccc2n1-c1ccc(C2CC2)c2ccccc12)C(=O)O. The zero-order valence-electron chi connectivity index (χ0n) is 16.3. The van der Waals surface area contributed by atoms with E-state index in [2.05, 4.69) is 45.9 Å². The van der Waals surface area contributed by atoms with E-state index in [1.54, 1.807) is 26.2 Å². The van der Waals surface area contributed by atoms with E-state index < -0.39 is 10.7 Å². The second-order valence-corrected chi connectivity index (χ2v) is 9.60. The minimum atomic E-state index is -1.00. The molecule has 1 saturated carbocycles. The maximum atomic E-state index is 11.8. The Balaban J connectivity index is 1.78. The van der Waals surface area contributed by atoms with Crippen molar-refractivity contribution >= 4 is 39.5 Å². The van der Waals surface area contributed by atoms with Gasteiger partial charge >= 0.3 is 5.97 Å². The molecule has 0 unspecified atom stereocenters. The Bertz CT molecular complexity index is 1260. The van der Waals surface area contributed by atoms with Crippen molar-refractivity contribution in [3.8, 4) is 5.69 Å². The van der Waals surface area contributed by atoms with Crippen LogP contribution < -0.4 is 0 Å². The van der Waals surface area contributed by atoms with Gasteiger partial charge in [-0.15, -0.1) is 0 Å². The first-order valence-corrected chi connectivity index (χ1v) is 10.5. The summed E-state index contributed by atoms with van der Waals surface area (Å²) in [4.78, 5) is 20.7. The van der Waals surface area contributed by atoms with Crippen LogP contribution in [0.5, 0.6) is 0 Å². The van der Waals surface area contributed by atoms with Crippen molar-refractivity contribution in [1.82, 2.24) is 14.5 Å². The van der Waals surface area contributed by atoms with Gasteiger partial charge in [0.05, 0.1) is 17.4 Å². The Kier molecular flexibility index (Phi) is 4.13. The Labute approximate surface area is 172 Å². The van der Waals surface area contributed by atoms with Crippen LogP contribution in [0.4, 0.5) is 0 Å². The highest BCUT2D eigenvalue weighted by Crippen LogP contribution is 2.45. The topological polar surface area (TPSA) is 68.0 Å². The fourth-order valence-electron chi connectivity index (χ4n) is 3.74. The highest BCUT2D eigenvalue weighted by molar-refractivity contribution is 8.01. The largest absolute Gasteiger partial charge is 0.480 e. The molecule has 146 valence electrons. The molecule has 0 radical (unpaired) electrons. The van der Waals surface area contributed by atoms with Crippen molar-refractivity contribution < 1.29 is 9.90 Å². The Morgan fingerprint density at radius 2 is 1.90 bits per heavy atom. The van der Waals surface area contributed by atoms with Gasteiger partial charge in [0.1, 0.15) is 10.3 Å². The molecule has 29 heavy (non-hydrogen) atoms. The molecular weight excluding hydrogens is 382 g/mol. The van der Waals surface area contributed by atoms with Gasteiger partial charge in [-0.3, -0.25) is 14.3 Å². The second kappa shape index (κ2) is 6.59. The van der Waals surface area contributed by atoms with Crippen LogP contribution in [0.2, 0.25) is 0 Å². The lowest BCUT2D eigenvalue weighted by molar-refractivity contribution is -0.138. The molecular formula is C23H21N3O2S. The van der Waals surface area contributed by atoms with E-state index in [0.29, 0.717) is 11.1 Å². The lowest BCUT2D eigenvalue weighted by atomic mass is 9.99. The molecule has 4 aromatic rings. The van der Waals surface area contributed by atoms with Gasteiger partial charge in [0, 0.05) is 11.6 Å². The molecule has 1 N–H and O–H groups in total. The number of rotatable bonds is 5. The highest BCUT2D eigenvalue weighted by atomic mass is 32.2. The summed E-state index contributed by atoms with van der Waals surface area (Å²) in [6, 6.07) is 14.8. The van der Waals surface area contributed by atoms with Crippen molar-refractivity contribution in [1.29, 1.82) is 0 Å². The quantitative estimate of drug-likeness (QED) is 0.452. The summed E-state index contributed by atoms with van der Waals surface area (Å²) in [6.45, 7) is 3.41. The van der Waals surface area contributed by atoms with Gasteiger partial charge in [-0.2, -0.15) is 0 Å². The number of hydrogen-bond acceptors (Lipinski definition) is 4. The van der Waals surface area contributed by atoms with Crippen LogP contribution in [0.1, 0.15) is 38.2 Å². The fourth-order valence-corrected chi connectivity index (χ4v) is 4.71. The Hall–Kier alpha value is -2.86. The molecule has 1 fully saturated rings. The number of aliphatic carboxylic acids is 1. The Morgan fingerprint density at radius 3 is 2.62 bits per heavy atom. The molecule has 2 aromatic carbocycles. The molecule has 0 atom stereocenters. The zero-order chi connectivity index (χ0) is 20.2. The molecule has 0 saturated heterocycles. The monoisotopic (exact) mass is 403 g/mol. The number of hydrogen-bond donors (Lipinski definition) is 1. The molecule has 6 heteroatoms. The van der Waals surface area contributed by atoms with Crippen LogP contribution in [-0.4, -0.2) is 30.4 Å². The van der Waals surface area contributed by atoms with Gasteiger partial charge in [-0.1, -0.05) is 42.1 Å². The summed E-state index contributed by atoms with van der Waals surface area (Å²) in [7, 11) is 0. The summed E-state index contributed by atoms with van der Waals surface area (Å²) in [5, 5.41) is 12.7. The molecule has 5 nitrogen and oxygen atoms in total. The van der Waals surface area contributed by atoms with Crippen molar-refractivity contribution in [2.75, 3.05) is 0 Å². The van der Waals surface area contributed by atoms with E-state index in [1.807, 2.05) is 6.07 Å². The summed E-state index contributed by atoms with van der Waals surface area (Å²) in [5.74, 6) is -0.217. The number of carboxylic acids is 1. The molecule has 2 heterocycles. The predicted molar refractivity (Wildman–Crippen MR) is 116 cm³/mol. The minimum Gasteiger partial charge on any atom is -0.480 e. The fraction of sp³-hybridized carbons (Fsp3) is 0.261. The summed E-state index contributed by atoms with van der Waals surface area (Å²) in [5.41, 5.74) is 4.09. The predicted octanol–water partition coefficient (Wildman–Crippen LogP) is 5.41. The average Bonchev–Trinajstić information content (AvgIpc) is 3.48. The van der Waals surface area contributed by atoms with E-state index >= 15 is 0 Å². The third-order valence-corrected chi connectivity index (χ3v) is 6.62. The third kappa shape index (κ3) is 3.08. The van der Waals surface area contributed by atoms with E-state index in [-0.39, 0.29) is 0 Å². The summed E-state index contributed by atoms with van der Waals surface area (Å²) < 4.78 is 1.07. The van der Waals surface area contributed by atoms with E-state index in [9.17, 15) is 9.90 Å². The maximum Gasteiger partial charge on any atom is 0.319 e. The number of imidazole rings is 1. The zero-order valence-corrected chi connectivity index (χ0v) is 17.1. The van der Waals surface area contributed by atoms with Crippen molar-refractivity contribution in [3.63, 3.8) is 0 Å². The van der Waals surface area contributed by atoms with Crippen molar-refractivity contribution in [3.05, 3.63) is 60.4 Å². The van der Waals surface area contributed by atoms with E-state index in [1.165, 1.54) is 35.6 Å². The highest BCUT2D eigenvalue weighted by Gasteiger charge is 2.32. The van der Waals surface area contributed by atoms with Gasteiger partial charge in [0.25, 0.3) is 0 Å². The second-order valence-electron chi connectivity index (χ2n) is 8.01. The average molecular weight is 404 g/mol. The number of pyridine rings is 1. The molecule has 0 aliphatic heterocycles. The number of carboxylic acid groups (broad SMARTS) is 1. The molecule has 1 aliphatic rings. The molecule has 1 aliphatic carbocycles. The van der Waals surface area contributed by atoms with Gasteiger partial charge in [0.15, 0.2) is 5.16 Å². The first-order valence-electron chi connectivity index (χ1n) is 9.72. The van der Waals surface area contributed by atoms with Crippen LogP contribution in [0.15, 0.2) is 60.0 Å². The molecule has 0 bridgehead atoms. The van der Waals surface area contributed by atoms with Crippen LogP contribution >= 0.6 is 11.8 Å². The van der Waals surface area contributed by atoms with Crippen LogP contribution in [-0.2, 0) is 4.79 Å². The molecule has 0 spiro atoms. The first-order chi connectivity index (χ1) is 14.0. The first kappa shape index (κ1) is 18.2. The van der Waals surface area contributed by atoms with Gasteiger partial charge in [0.2, 0.25) is 0 Å². The van der Waals surface area contributed by atoms with Crippen LogP contribution in [0.3, 0.4) is 0 Å². The van der Waals surface area contributed by atoms with E-state index in [0.717, 1.165) is 22.1 Å². The van der Waals surface area contributed by atoms with Crippen molar-refractivity contribution in [2.24, 2.45) is 0 Å². The number of carbonyl (C=O) groups is 1. The summed E-state index contributed by atoms with van der Waals surface area (Å²) >= 11 is 1.26. The number of nitrogens with zero attached hydrogens (tertiary/aromatic N) is 3. The molecule has 5 rings (SSSR count). The lowest BCUT2D eigenvalue weighted by Crippen LogP contribution is -2.27. The van der Waals surface area contributed by atoms with Crippen LogP contribution in [0.25, 0.3) is 27.5 Å². The molecule has 0 amide bonds. The number of thioether (sulfide) groups is 1. The third-order valence-electron chi connectivity index (χ3n) is 5.48. The van der Waals surface area contributed by atoms with Crippen molar-refractivity contribution in [2.45, 2.75) is 42.5 Å². The number of benzene rings is 2. The van der Waals surface area contributed by atoms with Gasteiger partial charge < -0.3 is 5.11 Å². The molecule has 2 aromatic heterocycles. The maximum absolute atomic E-state index is 11.8. The minimum absolute atomic E-state index is 0.650. The summed E-state index contributed by atoms with van der Waals surface area (Å²) in [6.07, 6.45) is 5.97. The smallest absolute Gasteiger partial charge is 0.319 e. The van der Waals surface area contributed by atoms with E-state index in [4.69, 9.17) is 4.98 Å². The normalized spacial score (nSPS) is 14.6. The lowest BCUT2D eigenvalue weighted by Gasteiger charge is -2.20. The van der Waals surface area contributed by atoms with Crippen LogP contribution in [0, 0.1) is 0 Å². The van der Waals surface area contributed by atoms with Gasteiger partial charge in [-0.05, 0) is 55.7 Å². The number of fused-ring (bicyclic) bond motifs is 2. The standard InChI is InChI=1S/C23H21N3O2S/c1-23(2,21(27)28)29-22-25-18-13-24-12-11-20(18)26(22)19-10-9-15(14-7-8-14)16-5-3-4-6-17(16)19/h3-6,9-14H,7-8H2,1-2H3,(H,27,28). The van der Waals surface area contributed by atoms with Gasteiger partial charge in [-0.25, -0.2) is 4.98 Å². The number of aromatic nitrogens is 3.